The molecule has 1 fully saturated rings. The normalized spacial score (nSPS) is 20.9. The molecule has 4 nitrogen and oxygen atoms in total. The van der Waals surface area contributed by atoms with Crippen LogP contribution in [-0.4, -0.2) is 30.2 Å². The first-order valence-corrected chi connectivity index (χ1v) is 3.63. The number of carbonyl (C=O) groups excluding carboxylic acids is 1. The molecule has 1 aliphatic heterocycles. The van der Waals surface area contributed by atoms with E-state index in [0.717, 1.165) is 0 Å². The van der Waals surface area contributed by atoms with E-state index < -0.39 is 0 Å². The molecule has 4 heteroatoms. The smallest absolute Gasteiger partial charge is 0.220 e. The van der Waals surface area contributed by atoms with Crippen molar-refractivity contribution in [2.75, 3.05) is 13.2 Å². The van der Waals surface area contributed by atoms with Gasteiger partial charge in [-0.2, -0.15) is 0 Å². The van der Waals surface area contributed by atoms with Crippen LogP contribution in [0.1, 0.15) is 13.8 Å². The summed E-state index contributed by atoms with van der Waals surface area (Å²) in [6, 6.07) is 0. The fourth-order valence-electron chi connectivity index (χ4n) is 0.932. The van der Waals surface area contributed by atoms with Crippen LogP contribution in [0.4, 0.5) is 0 Å². The van der Waals surface area contributed by atoms with Crippen molar-refractivity contribution < 1.29 is 14.3 Å². The second-order valence-electron chi connectivity index (χ2n) is 2.27. The SMILES string of the molecule is CCOC(C)N1[CH-]OCC1=O. The lowest BCUT2D eigenvalue weighted by atomic mass is 10.5. The summed E-state index contributed by atoms with van der Waals surface area (Å²) in [6.07, 6.45) is -0.213. The quantitative estimate of drug-likeness (QED) is 0.556. The molecule has 0 aromatic carbocycles. The van der Waals surface area contributed by atoms with Gasteiger partial charge in [0.15, 0.2) is 0 Å². The summed E-state index contributed by atoms with van der Waals surface area (Å²) in [5.74, 6) is -0.0500. The highest BCUT2D eigenvalue weighted by Gasteiger charge is 2.16. The Hall–Kier alpha value is -0.610. The van der Waals surface area contributed by atoms with E-state index in [2.05, 4.69) is 0 Å². The van der Waals surface area contributed by atoms with Crippen molar-refractivity contribution in [1.82, 2.24) is 4.90 Å². The lowest BCUT2D eigenvalue weighted by molar-refractivity contribution is -0.135. The Morgan fingerprint density at radius 3 is 3.09 bits per heavy atom. The molecule has 0 bridgehead atoms. The minimum absolute atomic E-state index is 0.0500. The predicted molar refractivity (Wildman–Crippen MR) is 38.2 cm³/mol. The molecule has 1 aliphatic rings. The van der Waals surface area contributed by atoms with Gasteiger partial charge in [-0.25, -0.2) is 0 Å². The first-order valence-electron chi connectivity index (χ1n) is 3.63. The van der Waals surface area contributed by atoms with Gasteiger partial charge in [0.25, 0.3) is 0 Å². The van der Waals surface area contributed by atoms with Crippen molar-refractivity contribution in [2.45, 2.75) is 20.1 Å². The molecule has 0 aliphatic carbocycles. The van der Waals surface area contributed by atoms with Gasteiger partial charge in [-0.1, -0.05) is 0 Å². The Kier molecular flexibility index (Phi) is 2.84. The fourth-order valence-corrected chi connectivity index (χ4v) is 0.932. The number of ether oxygens (including phenoxy) is 2. The van der Waals surface area contributed by atoms with Crippen molar-refractivity contribution in [1.29, 1.82) is 0 Å². The molecular formula is C7H12NO3-. The highest BCUT2D eigenvalue weighted by atomic mass is 16.5. The third-order valence-corrected chi connectivity index (χ3v) is 1.48. The average Bonchev–Trinajstić information content (AvgIpc) is 2.36. The number of carbonyl (C=O) groups is 1. The van der Waals surface area contributed by atoms with E-state index in [1.54, 1.807) is 0 Å². The molecule has 1 rings (SSSR count). The molecule has 0 radical (unpaired) electrons. The van der Waals surface area contributed by atoms with Crippen molar-refractivity contribution in [3.05, 3.63) is 6.73 Å². The molecule has 0 aromatic heterocycles. The Morgan fingerprint density at radius 2 is 2.64 bits per heavy atom. The van der Waals surface area contributed by atoms with E-state index in [4.69, 9.17) is 9.47 Å². The summed E-state index contributed by atoms with van der Waals surface area (Å²) >= 11 is 0. The Labute approximate surface area is 66.1 Å². The second kappa shape index (κ2) is 3.69. The van der Waals surface area contributed by atoms with Gasteiger partial charge >= 0.3 is 0 Å². The Bertz CT molecular complexity index is 149. The number of hydrogen-bond donors (Lipinski definition) is 0. The maximum atomic E-state index is 11.0. The number of rotatable bonds is 3. The zero-order valence-corrected chi connectivity index (χ0v) is 6.74. The van der Waals surface area contributed by atoms with Crippen molar-refractivity contribution in [3.63, 3.8) is 0 Å². The third kappa shape index (κ3) is 1.91. The monoisotopic (exact) mass is 158 g/mol. The third-order valence-electron chi connectivity index (χ3n) is 1.48. The zero-order chi connectivity index (χ0) is 8.27. The standard InChI is InChI=1S/C7H12NO3/c1-3-11-6(2)8-5-10-4-7(8)9/h5-6H,3-4H2,1-2H3/q-1. The molecule has 1 unspecified atom stereocenters. The number of hydrogen-bond acceptors (Lipinski definition) is 3. The molecule has 1 saturated heterocycles. The summed E-state index contributed by atoms with van der Waals surface area (Å²) < 4.78 is 10.00. The van der Waals surface area contributed by atoms with E-state index in [0.29, 0.717) is 6.61 Å². The van der Waals surface area contributed by atoms with Gasteiger partial charge in [0.1, 0.15) is 6.23 Å². The van der Waals surface area contributed by atoms with Gasteiger partial charge in [0.2, 0.25) is 5.91 Å². The number of amides is 1. The molecule has 0 spiro atoms. The van der Waals surface area contributed by atoms with E-state index in [1.807, 2.05) is 13.8 Å². The molecular weight excluding hydrogens is 146 g/mol. The summed E-state index contributed by atoms with van der Waals surface area (Å²) in [5.41, 5.74) is 0. The topological polar surface area (TPSA) is 38.8 Å². The van der Waals surface area contributed by atoms with Crippen LogP contribution in [0.15, 0.2) is 0 Å². The largest absolute Gasteiger partial charge is 0.524 e. The van der Waals surface area contributed by atoms with Crippen LogP contribution >= 0.6 is 0 Å². The van der Waals surface area contributed by atoms with Gasteiger partial charge in [0, 0.05) is 6.61 Å². The van der Waals surface area contributed by atoms with Gasteiger partial charge in [-0.3, -0.25) is 4.79 Å². The van der Waals surface area contributed by atoms with Crippen LogP contribution in [0.25, 0.3) is 0 Å². The van der Waals surface area contributed by atoms with Gasteiger partial charge in [-0.15, -0.1) is 6.73 Å². The van der Waals surface area contributed by atoms with Crippen LogP contribution in [0, 0.1) is 6.73 Å². The Balaban J connectivity index is 2.39. The summed E-state index contributed by atoms with van der Waals surface area (Å²) in [6.45, 7) is 5.84. The maximum Gasteiger partial charge on any atom is 0.220 e. The lowest BCUT2D eigenvalue weighted by Gasteiger charge is -2.30. The average molecular weight is 158 g/mol. The molecule has 0 N–H and O–H groups in total. The van der Waals surface area contributed by atoms with Crippen molar-refractivity contribution in [2.24, 2.45) is 0 Å². The van der Waals surface area contributed by atoms with E-state index >= 15 is 0 Å². The zero-order valence-electron chi connectivity index (χ0n) is 6.74. The molecule has 64 valence electrons. The van der Waals surface area contributed by atoms with Crippen molar-refractivity contribution in [3.8, 4) is 0 Å². The summed E-state index contributed by atoms with van der Waals surface area (Å²) in [4.78, 5) is 12.4. The summed E-state index contributed by atoms with van der Waals surface area (Å²) in [7, 11) is 0. The van der Waals surface area contributed by atoms with Crippen LogP contribution in [0.5, 0.6) is 0 Å². The van der Waals surface area contributed by atoms with Crippen molar-refractivity contribution >= 4 is 5.91 Å². The molecule has 1 heterocycles. The number of nitrogens with zero attached hydrogens (tertiary/aromatic N) is 1. The molecule has 11 heavy (non-hydrogen) atoms. The highest BCUT2D eigenvalue weighted by Crippen LogP contribution is 2.11. The molecule has 0 aromatic rings. The van der Waals surface area contributed by atoms with E-state index in [1.165, 1.54) is 11.6 Å². The lowest BCUT2D eigenvalue weighted by Crippen LogP contribution is -2.34. The predicted octanol–water partition coefficient (Wildman–Crippen LogP) is 0.347. The fraction of sp³-hybridized carbons (Fsp3) is 0.714. The van der Waals surface area contributed by atoms with Crippen LogP contribution in [-0.2, 0) is 14.3 Å². The van der Waals surface area contributed by atoms with Crippen LogP contribution in [0.3, 0.4) is 0 Å². The van der Waals surface area contributed by atoms with E-state index in [9.17, 15) is 4.79 Å². The molecule has 1 amide bonds. The first-order chi connectivity index (χ1) is 5.25. The van der Waals surface area contributed by atoms with Gasteiger partial charge < -0.3 is 14.4 Å². The maximum absolute atomic E-state index is 11.0. The van der Waals surface area contributed by atoms with Crippen LogP contribution < -0.4 is 0 Å². The minimum atomic E-state index is -0.213. The summed E-state index contributed by atoms with van der Waals surface area (Å²) in [5, 5.41) is 0. The van der Waals surface area contributed by atoms with E-state index in [-0.39, 0.29) is 18.7 Å². The minimum Gasteiger partial charge on any atom is -0.524 e. The van der Waals surface area contributed by atoms with Gasteiger partial charge in [-0.05, 0) is 13.8 Å². The van der Waals surface area contributed by atoms with Crippen LogP contribution in [0.2, 0.25) is 0 Å². The highest BCUT2D eigenvalue weighted by molar-refractivity contribution is 5.79. The molecule has 0 saturated carbocycles. The van der Waals surface area contributed by atoms with Gasteiger partial charge in [0.05, 0.1) is 6.61 Å². The second-order valence-corrected chi connectivity index (χ2v) is 2.27. The Morgan fingerprint density at radius 1 is 1.91 bits per heavy atom. The first kappa shape index (κ1) is 8.49. The molecule has 1 atom stereocenters.